The number of benzene rings is 4. The van der Waals surface area contributed by atoms with Crippen LogP contribution in [0.5, 0.6) is 17.2 Å². The molecule has 0 spiro atoms. The first-order valence-corrected chi connectivity index (χ1v) is 50.3. The molecule has 4 aromatic carbocycles. The van der Waals surface area contributed by atoms with E-state index in [9.17, 15) is 86.3 Å². The largest absolute Gasteiger partial charge is 0.493 e. The summed E-state index contributed by atoms with van der Waals surface area (Å²) in [6.07, 6.45) is 16.2. The van der Waals surface area contributed by atoms with Crippen LogP contribution in [0.25, 0.3) is 0 Å². The van der Waals surface area contributed by atoms with Crippen molar-refractivity contribution in [2.75, 3.05) is 78.9 Å². The quantitative estimate of drug-likeness (QED) is 0.0251. The number of hydrogen-bond acceptors (Lipinski definition) is 25. The Morgan fingerprint density at radius 1 is 0.380 bits per heavy atom. The van der Waals surface area contributed by atoms with Gasteiger partial charge in [0.15, 0.2) is 0 Å². The highest BCUT2D eigenvalue weighted by Crippen LogP contribution is 2.36. The predicted octanol–water partition coefficient (Wildman–Crippen LogP) is 5.01. The Hall–Kier alpha value is -12.8. The minimum Gasteiger partial charge on any atom is -0.493 e. The number of ketones is 3. The molecule has 4 aromatic rings. The van der Waals surface area contributed by atoms with E-state index in [4.69, 9.17) is 43.4 Å². The van der Waals surface area contributed by atoms with Crippen LogP contribution in [0.4, 0.5) is 0 Å². The van der Waals surface area contributed by atoms with Crippen molar-refractivity contribution in [3.63, 3.8) is 0 Å². The first-order valence-electron chi connectivity index (χ1n) is 50.3. The van der Waals surface area contributed by atoms with Gasteiger partial charge in [-0.2, -0.15) is 0 Å². The molecular weight excluding hydrogens is 1840 g/mol. The number of carbonyl (C=O) groups excluding carboxylic acids is 16. The zero-order chi connectivity index (χ0) is 102. The minimum absolute atomic E-state index is 0.0199. The zero-order valence-electron chi connectivity index (χ0n) is 81.3. The number of nitrogens with zero attached hydrogens (tertiary/aromatic N) is 3. The van der Waals surface area contributed by atoms with Gasteiger partial charge in [0, 0.05) is 58.2 Å². The zero-order valence-corrected chi connectivity index (χ0v) is 81.3. The van der Waals surface area contributed by atoms with Crippen LogP contribution >= 0.6 is 0 Å². The number of esters is 1. The van der Waals surface area contributed by atoms with Crippen molar-refractivity contribution >= 4 is 106 Å². The van der Waals surface area contributed by atoms with Gasteiger partial charge >= 0.3 is 17.9 Å². The number of carboxylic acid groups (broad SMARTS) is 2. The van der Waals surface area contributed by atoms with Crippen molar-refractivity contribution in [1.29, 1.82) is 0 Å². The van der Waals surface area contributed by atoms with Crippen molar-refractivity contribution in [2.45, 2.75) is 293 Å². The van der Waals surface area contributed by atoms with Crippen LogP contribution in [0.2, 0.25) is 0 Å². The topological polar surface area (TPSA) is 530 Å². The van der Waals surface area contributed by atoms with Gasteiger partial charge in [-0.05, 0) is 134 Å². The summed E-state index contributed by atoms with van der Waals surface area (Å²) in [5, 5.41) is 41.1. The average Bonchev–Trinajstić information content (AvgIpc) is 1.64. The molecule has 39 heteroatoms. The monoisotopic (exact) mass is 1970 g/mol. The second-order valence-corrected chi connectivity index (χ2v) is 37.7. The lowest BCUT2D eigenvalue weighted by atomic mass is 9.83. The van der Waals surface area contributed by atoms with Crippen molar-refractivity contribution in [1.82, 2.24) is 62.6 Å². The third-order valence-corrected chi connectivity index (χ3v) is 26.9. The number of aliphatic carboxylic acids is 2. The van der Waals surface area contributed by atoms with E-state index in [2.05, 4.69) is 37.2 Å². The third kappa shape index (κ3) is 33.4. The van der Waals surface area contributed by atoms with E-state index < -0.39 is 163 Å². The fourth-order valence-corrected chi connectivity index (χ4v) is 19.7. The number of carbonyl (C=O) groups is 18. The molecule has 39 nitrogen and oxygen atoms in total. The molecule has 6 aliphatic heterocycles. The van der Waals surface area contributed by atoms with E-state index in [1.165, 1.54) is 14.7 Å². The molecule has 3 saturated heterocycles. The fourth-order valence-electron chi connectivity index (χ4n) is 19.7. The van der Waals surface area contributed by atoms with E-state index >= 15 is 0 Å². The molecule has 12 amide bonds. The maximum atomic E-state index is 14.5. The highest BCUT2D eigenvalue weighted by atomic mass is 16.5. The van der Waals surface area contributed by atoms with Crippen molar-refractivity contribution in [3.8, 4) is 17.2 Å². The molecule has 0 aromatic heterocycles. The Balaban J connectivity index is 0.000000204. The van der Waals surface area contributed by atoms with Crippen LogP contribution < -0.4 is 62.1 Å². The summed E-state index contributed by atoms with van der Waals surface area (Å²) in [5.74, 6) is -11.6. The molecular formula is C103H138N12O27. The summed E-state index contributed by atoms with van der Waals surface area (Å²) in [6, 6.07) is 21.9. The van der Waals surface area contributed by atoms with Gasteiger partial charge in [0.1, 0.15) is 79.7 Å². The highest BCUT2D eigenvalue weighted by molar-refractivity contribution is 6.40. The summed E-state index contributed by atoms with van der Waals surface area (Å²) >= 11 is 0. The summed E-state index contributed by atoms with van der Waals surface area (Å²) in [5.41, 5.74) is 3.03. The normalized spacial score (nSPS) is 23.1. The van der Waals surface area contributed by atoms with Crippen molar-refractivity contribution in [3.05, 3.63) is 125 Å². The SMILES string of the molecule is CCCC(NC(=O)[C@@H]1C[C@@H]2CN1C(=O)[C@H](C1CCCCC1)NC(=O)Cc1cccc(c1)OCCCO2)C(=O)C(=O)NCC(=O)O.CCCC(NC(=O)[C@@H]1C[C@@H]2CN1C(=O)[C@H](C1CCCCC1)NC(=O)Cc1cccc(c1)OCCCO2)C(=O)C(=O)NCC(=O)O.CCCC(NC(=O)[C@@H]1C[C@@H]2CN1C(=O)[C@H](C1CCCCC1)NC(=O)Cc1cccc(c1)OCCCO2)C(=O)C(=O)NCC(=O)OCc1ccccc1. The number of Topliss-reactive ketones (excluding diaryl/α,β-unsaturated/α-hetero) is 3. The minimum atomic E-state index is -1.31. The van der Waals surface area contributed by atoms with Crippen LogP contribution in [-0.2, 0) is 131 Å². The lowest BCUT2D eigenvalue weighted by Gasteiger charge is -2.35. The number of fused-ring (bicyclic) bond motifs is 12. The van der Waals surface area contributed by atoms with Crippen LogP contribution in [0.15, 0.2) is 103 Å². The maximum Gasteiger partial charge on any atom is 0.325 e. The third-order valence-electron chi connectivity index (χ3n) is 26.9. The van der Waals surface area contributed by atoms with Gasteiger partial charge in [0.2, 0.25) is 70.5 Å². The molecule has 3 aliphatic carbocycles. The molecule has 0 radical (unpaired) electrons. The Bertz CT molecular complexity index is 4830. The van der Waals surface area contributed by atoms with Crippen molar-refractivity contribution in [2.24, 2.45) is 17.8 Å². The van der Waals surface area contributed by atoms with Crippen LogP contribution in [0.3, 0.4) is 0 Å². The molecule has 772 valence electrons. The predicted molar refractivity (Wildman–Crippen MR) is 512 cm³/mol. The number of nitrogens with one attached hydrogen (secondary N) is 9. The van der Waals surface area contributed by atoms with Gasteiger partial charge in [-0.1, -0.05) is 165 Å². The number of rotatable bonds is 29. The van der Waals surface area contributed by atoms with Gasteiger partial charge in [-0.15, -0.1) is 0 Å². The first kappa shape index (κ1) is 110. The van der Waals surface area contributed by atoms with Crippen molar-refractivity contribution < 1.29 is 130 Å². The molecule has 6 fully saturated rings. The molecule has 9 aliphatic rings. The molecule has 12 bridgehead atoms. The summed E-state index contributed by atoms with van der Waals surface area (Å²) in [4.78, 5) is 239. The molecule has 11 N–H and O–H groups in total. The first-order chi connectivity index (χ1) is 68.5. The van der Waals surface area contributed by atoms with E-state index in [1.807, 2.05) is 109 Å². The Morgan fingerprint density at radius 3 is 0.979 bits per heavy atom. The van der Waals surface area contributed by atoms with E-state index in [-0.39, 0.29) is 137 Å². The van der Waals surface area contributed by atoms with Gasteiger partial charge in [0.25, 0.3) is 17.7 Å². The van der Waals surface area contributed by atoms with Gasteiger partial charge in [-0.3, -0.25) is 86.3 Å². The number of amides is 12. The van der Waals surface area contributed by atoms with E-state index in [0.717, 1.165) is 119 Å². The van der Waals surface area contributed by atoms with Crippen LogP contribution in [0.1, 0.15) is 216 Å². The van der Waals surface area contributed by atoms with Crippen LogP contribution in [0, 0.1) is 17.8 Å². The Kier molecular flexibility index (Phi) is 43.4. The second kappa shape index (κ2) is 56.2. The molecule has 6 heterocycles. The average molecular weight is 1980 g/mol. The van der Waals surface area contributed by atoms with E-state index in [0.29, 0.717) is 95.4 Å². The summed E-state index contributed by atoms with van der Waals surface area (Å²) < 4.78 is 41.1. The number of ether oxygens (including phenoxy) is 7. The summed E-state index contributed by atoms with van der Waals surface area (Å²) in [7, 11) is 0. The van der Waals surface area contributed by atoms with Gasteiger partial charge < -0.3 is 106 Å². The molecule has 13 rings (SSSR count). The lowest BCUT2D eigenvalue weighted by molar-refractivity contribution is -0.147. The van der Waals surface area contributed by atoms with Crippen LogP contribution in [-0.4, -0.2) is 283 Å². The maximum absolute atomic E-state index is 14.5. The molecule has 3 saturated carbocycles. The lowest BCUT2D eigenvalue weighted by Crippen LogP contribution is -2.58. The number of hydrogen-bond donors (Lipinski definition) is 11. The number of carboxylic acids is 2. The Morgan fingerprint density at radius 2 is 0.683 bits per heavy atom. The molecule has 12 atom stereocenters. The second-order valence-electron chi connectivity index (χ2n) is 37.7. The van der Waals surface area contributed by atoms with E-state index in [1.54, 1.807) is 26.0 Å². The standard InChI is InChI=1S/C39H50N4O9.2C32H44N4O9/c1-2-11-31(36(46)38(48)40-23-34(45)52-25-26-12-5-3-6-13-26)41-37(47)32-22-30-24-43(32)39(49)35(28-15-7-4-8-16-28)42-33(44)21-27-14-9-17-29(20-27)50-18-10-19-51-30;2*1-2-8-24(29(40)31(42)33-18-27(38)39)34-30(41)25-17-23-19-36(25)32(43)28(21-10-4-3-5-11-21)35-26(37)16-20-9-6-12-22(15-20)44-13-7-14-45-23/h3,5-6,9,12-14,17,20,28,30-32,35H,2,4,7-8,10-11,15-16,18-19,21-25H2,1H3,(H,40,48)(H,41,47)(H,42,44);2*6,9,12,15,21,23-25,28H,2-5,7-8,10-11,13-14,16-19H2,1H3,(H,33,42)(H,34,41)(H,35,37)(H,38,39)/t30-,31?,32+,35+;2*23-,24?,25+,28+/m111/s1. The molecule has 142 heavy (non-hydrogen) atoms. The Labute approximate surface area is 826 Å². The highest BCUT2D eigenvalue weighted by Gasteiger charge is 2.50. The summed E-state index contributed by atoms with van der Waals surface area (Å²) in [6.45, 7) is 5.96. The van der Waals surface area contributed by atoms with Gasteiger partial charge in [-0.25, -0.2) is 0 Å². The smallest absolute Gasteiger partial charge is 0.325 e. The van der Waals surface area contributed by atoms with Gasteiger partial charge in [0.05, 0.1) is 95.3 Å². The fraction of sp³-hybridized carbons (Fsp3) is 0.592. The molecule has 3 unspecified atom stereocenters.